The number of anilines is 2. The molecule has 1 amide bonds. The summed E-state index contributed by atoms with van der Waals surface area (Å²) in [4.78, 5) is 15.3. The first kappa shape index (κ1) is 23.3. The van der Waals surface area contributed by atoms with Gasteiger partial charge in [0.05, 0.1) is 31.6 Å². The highest BCUT2D eigenvalue weighted by Gasteiger charge is 2.34. The van der Waals surface area contributed by atoms with E-state index in [0.717, 1.165) is 0 Å². The number of nitrogens with zero attached hydrogens (tertiary/aromatic N) is 5. The second-order valence-corrected chi connectivity index (χ2v) is 12.6. The molecule has 1 unspecified atom stereocenters. The topological polar surface area (TPSA) is 72.7 Å². The Morgan fingerprint density at radius 1 is 1.18 bits per heavy atom. The van der Waals surface area contributed by atoms with Crippen molar-refractivity contribution in [1.29, 1.82) is 0 Å². The number of hydrogen-bond donors (Lipinski definition) is 0. The molecule has 0 radical (unpaired) electrons. The van der Waals surface area contributed by atoms with Gasteiger partial charge >= 0.3 is 6.09 Å². The normalized spacial score (nSPS) is 19.7. The number of ether oxygens (including phenoxy) is 2. The van der Waals surface area contributed by atoms with Crippen LogP contribution in [0, 0.1) is 22.8 Å². The van der Waals surface area contributed by atoms with Crippen LogP contribution in [0.2, 0.25) is 0 Å². The van der Waals surface area contributed by atoms with Crippen LogP contribution in [0.5, 0.6) is 0 Å². The maximum atomic E-state index is 14.9. The molecule has 2 aliphatic heterocycles. The van der Waals surface area contributed by atoms with Gasteiger partial charge in [0.15, 0.2) is 17.3 Å². The molecular formula is C22H27F2N5O3S. The Morgan fingerprint density at radius 3 is 2.67 bits per heavy atom. The highest BCUT2D eigenvalue weighted by molar-refractivity contribution is 8.35. The summed E-state index contributed by atoms with van der Waals surface area (Å²) < 4.78 is 42.1. The predicted molar refractivity (Wildman–Crippen MR) is 124 cm³/mol. The van der Waals surface area contributed by atoms with Crippen LogP contribution in [-0.2, 0) is 16.0 Å². The smallest absolute Gasteiger partial charge is 0.414 e. The van der Waals surface area contributed by atoms with E-state index in [2.05, 4.69) is 40.3 Å². The zero-order valence-corrected chi connectivity index (χ0v) is 19.7. The monoisotopic (exact) mass is 479 g/mol. The summed E-state index contributed by atoms with van der Waals surface area (Å²) in [5.41, 5.74) is 0.560. The molecular weight excluding hydrogens is 452 g/mol. The van der Waals surface area contributed by atoms with Crippen molar-refractivity contribution in [3.8, 4) is 11.2 Å². The quantitative estimate of drug-likeness (QED) is 0.628. The molecule has 0 saturated carbocycles. The van der Waals surface area contributed by atoms with E-state index in [4.69, 9.17) is 9.47 Å². The molecule has 178 valence electrons. The first-order valence-corrected chi connectivity index (χ1v) is 13.5. The number of cyclic esters (lactones) is 1. The SMILES string of the molecule is CS(C)(C)C#Cc1cn(CC2CN(c3cc(F)c(N4CCCOCC4)c(F)c3)C(=O)O2)nn1. The van der Waals surface area contributed by atoms with Crippen LogP contribution < -0.4 is 9.80 Å². The van der Waals surface area contributed by atoms with Crippen molar-refractivity contribution >= 4 is 27.5 Å². The Labute approximate surface area is 193 Å². The Balaban J connectivity index is 1.45. The van der Waals surface area contributed by atoms with Gasteiger partial charge in [-0.3, -0.25) is 4.90 Å². The summed E-state index contributed by atoms with van der Waals surface area (Å²) in [6, 6.07) is 2.34. The van der Waals surface area contributed by atoms with Gasteiger partial charge < -0.3 is 14.4 Å². The molecule has 0 N–H and O–H groups in total. The molecule has 33 heavy (non-hydrogen) atoms. The first-order chi connectivity index (χ1) is 15.7. The van der Waals surface area contributed by atoms with Crippen molar-refractivity contribution in [3.05, 3.63) is 35.7 Å². The molecule has 0 aliphatic carbocycles. The molecule has 2 aromatic rings. The van der Waals surface area contributed by atoms with Gasteiger partial charge in [-0.2, -0.15) is 10.0 Å². The number of benzene rings is 1. The van der Waals surface area contributed by atoms with Crippen LogP contribution in [0.3, 0.4) is 0 Å². The lowest BCUT2D eigenvalue weighted by Crippen LogP contribution is -2.29. The highest BCUT2D eigenvalue weighted by Crippen LogP contribution is 2.33. The van der Waals surface area contributed by atoms with Crippen LogP contribution in [-0.4, -0.2) is 78.8 Å². The fraction of sp³-hybridized carbons (Fsp3) is 0.500. The highest BCUT2D eigenvalue weighted by atomic mass is 32.3. The molecule has 1 aromatic carbocycles. The van der Waals surface area contributed by atoms with E-state index in [1.165, 1.54) is 17.0 Å². The first-order valence-electron chi connectivity index (χ1n) is 10.6. The minimum Gasteiger partial charge on any atom is -0.442 e. The van der Waals surface area contributed by atoms with E-state index in [0.29, 0.717) is 38.4 Å². The largest absolute Gasteiger partial charge is 0.442 e. The Kier molecular flexibility index (Phi) is 6.76. The van der Waals surface area contributed by atoms with Crippen molar-refractivity contribution in [1.82, 2.24) is 15.0 Å². The van der Waals surface area contributed by atoms with E-state index in [1.807, 2.05) is 0 Å². The van der Waals surface area contributed by atoms with Gasteiger partial charge in [-0.15, -0.1) is 5.10 Å². The maximum absolute atomic E-state index is 14.9. The van der Waals surface area contributed by atoms with Gasteiger partial charge in [0.25, 0.3) is 0 Å². The van der Waals surface area contributed by atoms with Crippen molar-refractivity contribution in [2.24, 2.45) is 0 Å². The third-order valence-electron chi connectivity index (χ3n) is 5.14. The standard InChI is InChI=1S/C22H27F2N5O3S/c1-33(2,3)10-5-16-13-28(26-25-16)14-18-15-29(22(30)32-18)17-11-19(23)21(20(24)12-17)27-6-4-8-31-9-7-27/h11-13,18H,4,6-9,14-15H2,1-3H3. The van der Waals surface area contributed by atoms with Gasteiger partial charge in [0.2, 0.25) is 0 Å². The third-order valence-corrected chi connectivity index (χ3v) is 5.85. The van der Waals surface area contributed by atoms with E-state index in [9.17, 15) is 13.6 Å². The van der Waals surface area contributed by atoms with Gasteiger partial charge in [-0.05, 0) is 36.4 Å². The average Bonchev–Trinajstić information content (AvgIpc) is 3.23. The minimum atomic E-state index is -0.985. The molecule has 0 bridgehead atoms. The zero-order valence-electron chi connectivity index (χ0n) is 18.9. The van der Waals surface area contributed by atoms with E-state index >= 15 is 0 Å². The lowest BCUT2D eigenvalue weighted by atomic mass is 10.2. The molecule has 3 heterocycles. The summed E-state index contributed by atoms with van der Waals surface area (Å²) >= 11 is 0. The van der Waals surface area contributed by atoms with Gasteiger partial charge in [-0.25, -0.2) is 18.3 Å². The number of hydrogen-bond acceptors (Lipinski definition) is 6. The average molecular weight is 480 g/mol. The lowest BCUT2D eigenvalue weighted by Gasteiger charge is -2.24. The molecule has 2 saturated heterocycles. The van der Waals surface area contributed by atoms with Gasteiger partial charge in [-0.1, -0.05) is 5.21 Å². The van der Waals surface area contributed by atoms with Gasteiger partial charge in [0, 0.05) is 31.8 Å². The van der Waals surface area contributed by atoms with Crippen LogP contribution >= 0.6 is 10.0 Å². The van der Waals surface area contributed by atoms with E-state index < -0.39 is 33.9 Å². The van der Waals surface area contributed by atoms with Crippen LogP contribution in [0.4, 0.5) is 25.0 Å². The maximum Gasteiger partial charge on any atom is 0.414 e. The van der Waals surface area contributed by atoms with Crippen LogP contribution in [0.25, 0.3) is 0 Å². The van der Waals surface area contributed by atoms with Gasteiger partial charge in [0.1, 0.15) is 11.8 Å². The van der Waals surface area contributed by atoms with Crippen molar-refractivity contribution in [2.45, 2.75) is 19.1 Å². The summed E-state index contributed by atoms with van der Waals surface area (Å²) in [6.07, 6.45) is 7.42. The summed E-state index contributed by atoms with van der Waals surface area (Å²) in [7, 11) is -0.985. The molecule has 1 atom stereocenters. The zero-order chi connectivity index (χ0) is 23.6. The van der Waals surface area contributed by atoms with Crippen LogP contribution in [0.1, 0.15) is 12.1 Å². The predicted octanol–water partition coefficient (Wildman–Crippen LogP) is 2.81. The molecule has 0 spiro atoms. The minimum absolute atomic E-state index is 0.0956. The second-order valence-electron chi connectivity index (χ2n) is 8.72. The van der Waals surface area contributed by atoms with Crippen molar-refractivity contribution in [2.75, 3.05) is 61.4 Å². The number of aromatic nitrogens is 3. The fourth-order valence-electron chi connectivity index (χ4n) is 3.67. The van der Waals surface area contributed by atoms with E-state index in [-0.39, 0.29) is 24.5 Å². The summed E-state index contributed by atoms with van der Waals surface area (Å²) in [6.45, 7) is 2.28. The number of amides is 1. The molecule has 2 fully saturated rings. The number of rotatable bonds is 4. The summed E-state index contributed by atoms with van der Waals surface area (Å²) in [5.74, 6) is 1.56. The Morgan fingerprint density at radius 2 is 1.94 bits per heavy atom. The molecule has 11 heteroatoms. The van der Waals surface area contributed by atoms with Crippen molar-refractivity contribution < 1.29 is 23.0 Å². The second kappa shape index (κ2) is 9.57. The Hall–Kier alpha value is -2.84. The number of carbonyl (C=O) groups excluding carboxylic acids is 1. The lowest BCUT2D eigenvalue weighted by molar-refractivity contribution is 0.129. The molecule has 4 rings (SSSR count). The van der Waals surface area contributed by atoms with E-state index in [1.54, 1.807) is 15.8 Å². The van der Waals surface area contributed by atoms with Crippen molar-refractivity contribution in [3.63, 3.8) is 0 Å². The Bertz CT molecular complexity index is 1060. The molecule has 2 aliphatic rings. The number of halogens is 2. The summed E-state index contributed by atoms with van der Waals surface area (Å²) in [5, 5.41) is 11.2. The third kappa shape index (κ3) is 5.75. The molecule has 1 aromatic heterocycles. The molecule has 8 nitrogen and oxygen atoms in total. The van der Waals surface area contributed by atoms with Crippen LogP contribution in [0.15, 0.2) is 18.3 Å². The number of carbonyl (C=O) groups is 1. The fourth-order valence-corrected chi connectivity index (χ4v) is 4.08.